The number of nitrogens with one attached hydrogen (secondary N) is 1. The first-order valence-corrected chi connectivity index (χ1v) is 7.71. The van der Waals surface area contributed by atoms with Gasteiger partial charge in [0.05, 0.1) is 0 Å². The van der Waals surface area contributed by atoms with Crippen molar-refractivity contribution in [3.05, 3.63) is 23.4 Å². The van der Waals surface area contributed by atoms with Crippen LogP contribution in [0.1, 0.15) is 43.9 Å². The van der Waals surface area contributed by atoms with Crippen LogP contribution in [0.15, 0.2) is 12.1 Å². The lowest BCUT2D eigenvalue weighted by Gasteiger charge is -2.22. The molecule has 0 unspecified atom stereocenters. The summed E-state index contributed by atoms with van der Waals surface area (Å²) >= 11 is 0. The Morgan fingerprint density at radius 3 is 2.63 bits per heavy atom. The van der Waals surface area contributed by atoms with Crippen LogP contribution >= 0.6 is 0 Å². The van der Waals surface area contributed by atoms with E-state index in [1.165, 1.54) is 43.5 Å². The summed E-state index contributed by atoms with van der Waals surface area (Å²) in [4.78, 5) is 7.23. The summed E-state index contributed by atoms with van der Waals surface area (Å²) in [6, 6.07) is 5.21. The molecule has 0 amide bonds. The largest absolute Gasteiger partial charge is 0.357 e. The van der Waals surface area contributed by atoms with Crippen molar-refractivity contribution in [3.63, 3.8) is 0 Å². The molecule has 104 valence electrons. The smallest absolute Gasteiger partial charge is 0.128 e. The van der Waals surface area contributed by atoms with Crippen LogP contribution in [0.2, 0.25) is 0 Å². The summed E-state index contributed by atoms with van der Waals surface area (Å²) in [7, 11) is 0. The van der Waals surface area contributed by atoms with E-state index in [1.54, 1.807) is 0 Å². The van der Waals surface area contributed by atoms with E-state index in [-0.39, 0.29) is 0 Å². The second kappa shape index (κ2) is 5.49. The zero-order valence-electron chi connectivity index (χ0n) is 12.2. The highest BCUT2D eigenvalue weighted by Crippen LogP contribution is 2.31. The lowest BCUT2D eigenvalue weighted by Crippen LogP contribution is -2.26. The molecule has 2 fully saturated rings. The highest BCUT2D eigenvalue weighted by atomic mass is 15.2. The van der Waals surface area contributed by atoms with Gasteiger partial charge in [0, 0.05) is 31.4 Å². The molecule has 0 bridgehead atoms. The lowest BCUT2D eigenvalue weighted by atomic mass is 10.2. The number of nitrogens with zero attached hydrogens (tertiary/aromatic N) is 2. The van der Waals surface area contributed by atoms with Crippen LogP contribution in [0, 0.1) is 12.8 Å². The van der Waals surface area contributed by atoms with Crippen LogP contribution in [-0.4, -0.2) is 24.1 Å². The maximum atomic E-state index is 4.81. The van der Waals surface area contributed by atoms with Crippen LogP contribution in [0.3, 0.4) is 0 Å². The van der Waals surface area contributed by atoms with Gasteiger partial charge in [-0.05, 0) is 57.1 Å². The van der Waals surface area contributed by atoms with Gasteiger partial charge in [-0.3, -0.25) is 0 Å². The minimum atomic E-state index is 0.765. The molecule has 1 aromatic rings. The summed E-state index contributed by atoms with van der Waals surface area (Å²) in [5.74, 6) is 2.07. The molecule has 0 saturated heterocycles. The molecule has 1 aromatic heterocycles. The topological polar surface area (TPSA) is 28.2 Å². The minimum absolute atomic E-state index is 0.765. The van der Waals surface area contributed by atoms with E-state index in [4.69, 9.17) is 4.98 Å². The predicted octanol–water partition coefficient (Wildman–Crippen LogP) is 2.88. The van der Waals surface area contributed by atoms with Gasteiger partial charge in [0.1, 0.15) is 5.82 Å². The van der Waals surface area contributed by atoms with Crippen LogP contribution < -0.4 is 10.2 Å². The molecule has 0 aliphatic heterocycles. The fourth-order valence-corrected chi connectivity index (χ4v) is 2.48. The van der Waals surface area contributed by atoms with Crippen LogP contribution in [0.25, 0.3) is 0 Å². The number of hydrogen-bond acceptors (Lipinski definition) is 3. The molecule has 2 aliphatic rings. The van der Waals surface area contributed by atoms with Crippen molar-refractivity contribution < 1.29 is 0 Å². The SMILES string of the molecule is CCN(CC1CC1)c1ccc(CNC2CC2)c(C)n1. The zero-order valence-corrected chi connectivity index (χ0v) is 12.2. The third kappa shape index (κ3) is 3.47. The molecule has 2 saturated carbocycles. The summed E-state index contributed by atoms with van der Waals surface area (Å²) in [6.45, 7) is 7.57. The first kappa shape index (κ1) is 12.9. The van der Waals surface area contributed by atoms with Gasteiger partial charge in [-0.25, -0.2) is 4.98 Å². The molecule has 3 nitrogen and oxygen atoms in total. The van der Waals surface area contributed by atoms with Gasteiger partial charge in [-0.15, -0.1) is 0 Å². The molecule has 3 rings (SSSR count). The van der Waals surface area contributed by atoms with Crippen molar-refractivity contribution in [3.8, 4) is 0 Å². The van der Waals surface area contributed by atoms with Gasteiger partial charge >= 0.3 is 0 Å². The van der Waals surface area contributed by atoms with Crippen LogP contribution in [0.5, 0.6) is 0 Å². The average molecular weight is 259 g/mol. The number of rotatable bonds is 7. The van der Waals surface area contributed by atoms with E-state index in [0.717, 1.165) is 30.9 Å². The fraction of sp³-hybridized carbons (Fsp3) is 0.688. The Morgan fingerprint density at radius 2 is 2.05 bits per heavy atom. The molecule has 0 spiro atoms. The van der Waals surface area contributed by atoms with Gasteiger partial charge < -0.3 is 10.2 Å². The second-order valence-corrected chi connectivity index (χ2v) is 6.05. The maximum absolute atomic E-state index is 4.81. The average Bonchev–Trinajstić information content (AvgIpc) is 3.28. The minimum Gasteiger partial charge on any atom is -0.357 e. The van der Waals surface area contributed by atoms with Crippen LogP contribution in [-0.2, 0) is 6.54 Å². The van der Waals surface area contributed by atoms with E-state index in [2.05, 4.69) is 36.2 Å². The molecular formula is C16H25N3. The van der Waals surface area contributed by atoms with Gasteiger partial charge in [-0.1, -0.05) is 6.07 Å². The van der Waals surface area contributed by atoms with Gasteiger partial charge in [-0.2, -0.15) is 0 Å². The number of aryl methyl sites for hydroxylation is 1. The summed E-state index contributed by atoms with van der Waals surface area (Å²) in [6.07, 6.45) is 5.49. The summed E-state index contributed by atoms with van der Waals surface area (Å²) < 4.78 is 0. The highest BCUT2D eigenvalue weighted by molar-refractivity contribution is 5.41. The Bertz CT molecular complexity index is 436. The fourth-order valence-electron chi connectivity index (χ4n) is 2.48. The Kier molecular flexibility index (Phi) is 3.74. The van der Waals surface area contributed by atoms with Crippen molar-refractivity contribution >= 4 is 5.82 Å². The summed E-state index contributed by atoms with van der Waals surface area (Å²) in [5, 5.41) is 3.56. The number of aromatic nitrogens is 1. The number of anilines is 1. The number of pyridine rings is 1. The van der Waals surface area contributed by atoms with E-state index >= 15 is 0 Å². The Balaban J connectivity index is 1.65. The molecular weight excluding hydrogens is 234 g/mol. The Labute approximate surface area is 116 Å². The molecule has 1 N–H and O–H groups in total. The molecule has 2 aliphatic carbocycles. The van der Waals surface area contributed by atoms with Gasteiger partial charge in [0.15, 0.2) is 0 Å². The van der Waals surface area contributed by atoms with Crippen molar-refractivity contribution in [2.45, 2.75) is 52.1 Å². The molecule has 0 aromatic carbocycles. The Hall–Kier alpha value is -1.09. The normalized spacial score (nSPS) is 18.6. The second-order valence-electron chi connectivity index (χ2n) is 6.05. The predicted molar refractivity (Wildman–Crippen MR) is 79.4 cm³/mol. The maximum Gasteiger partial charge on any atom is 0.128 e. The first-order chi connectivity index (χ1) is 9.26. The molecule has 0 atom stereocenters. The molecule has 19 heavy (non-hydrogen) atoms. The van der Waals surface area contributed by atoms with Crippen molar-refractivity contribution in [2.75, 3.05) is 18.0 Å². The van der Waals surface area contributed by atoms with E-state index in [1.807, 2.05) is 0 Å². The molecule has 1 heterocycles. The highest BCUT2D eigenvalue weighted by Gasteiger charge is 2.24. The van der Waals surface area contributed by atoms with E-state index < -0.39 is 0 Å². The van der Waals surface area contributed by atoms with Crippen molar-refractivity contribution in [2.24, 2.45) is 5.92 Å². The van der Waals surface area contributed by atoms with E-state index in [9.17, 15) is 0 Å². The van der Waals surface area contributed by atoms with Gasteiger partial charge in [0.25, 0.3) is 0 Å². The standard InChI is InChI=1S/C16H25N3/c1-3-19(11-13-4-5-13)16-9-6-14(12(2)18-16)10-17-15-7-8-15/h6,9,13,15,17H,3-5,7-8,10-11H2,1-2H3. The van der Waals surface area contributed by atoms with Crippen molar-refractivity contribution in [1.82, 2.24) is 10.3 Å². The monoisotopic (exact) mass is 259 g/mol. The molecule has 0 radical (unpaired) electrons. The zero-order chi connectivity index (χ0) is 13.2. The van der Waals surface area contributed by atoms with E-state index in [0.29, 0.717) is 0 Å². The van der Waals surface area contributed by atoms with Crippen molar-refractivity contribution in [1.29, 1.82) is 0 Å². The Morgan fingerprint density at radius 1 is 1.26 bits per heavy atom. The van der Waals surface area contributed by atoms with Crippen LogP contribution in [0.4, 0.5) is 5.82 Å². The first-order valence-electron chi connectivity index (χ1n) is 7.71. The lowest BCUT2D eigenvalue weighted by molar-refractivity contribution is 0.680. The third-order valence-electron chi connectivity index (χ3n) is 4.22. The quantitative estimate of drug-likeness (QED) is 0.816. The third-order valence-corrected chi connectivity index (χ3v) is 4.22. The number of hydrogen-bond donors (Lipinski definition) is 1. The van der Waals surface area contributed by atoms with Gasteiger partial charge in [0.2, 0.25) is 0 Å². The molecule has 3 heteroatoms. The summed E-state index contributed by atoms with van der Waals surface area (Å²) in [5.41, 5.74) is 2.53.